The Morgan fingerprint density at radius 2 is 0.861 bits per heavy atom. The third kappa shape index (κ3) is 14.0. The second-order valence-corrected chi connectivity index (χ2v) is 11.2. The van der Waals surface area contributed by atoms with Crippen LogP contribution in [-0.2, 0) is 20.0 Å². The van der Waals surface area contributed by atoms with Crippen LogP contribution in [-0.4, -0.2) is 3.81 Å². The first kappa shape index (κ1) is 33.3. The number of fused-ring (bicyclic) bond motifs is 2. The summed E-state index contributed by atoms with van der Waals surface area (Å²) in [5.41, 5.74) is 8.20. The molecule has 192 valence electrons. The van der Waals surface area contributed by atoms with Gasteiger partial charge in [-0.3, -0.25) is 0 Å². The molecule has 4 aromatic carbocycles. The molecule has 0 atom stereocenters. The van der Waals surface area contributed by atoms with E-state index in [1.807, 2.05) is 0 Å². The summed E-state index contributed by atoms with van der Waals surface area (Å²) in [7, 11) is 0. The standard InChI is InChI=1S/2C12H13.2C3H6O.C3H6.Ti/c2*1-8-4-10(3)12-7-9(2)6-11(12)5-8;2*1-3(2)4;1-3-2;/h2*4-7H,1-3H3;2*4H,1H2,2H3;1-2H3;/q2*-1;;;;+2/p-2. The minimum absolute atomic E-state index is 0.0833. The Labute approximate surface area is 230 Å². The fourth-order valence-corrected chi connectivity index (χ4v) is 3.69. The number of allylic oxidation sites excluding steroid dienone is 2. The molecule has 0 N–H and O–H groups in total. The van der Waals surface area contributed by atoms with Gasteiger partial charge in [-0.15, -0.1) is 81.6 Å². The van der Waals surface area contributed by atoms with Crippen LogP contribution in [0.1, 0.15) is 61.1 Å². The smallest absolute Gasteiger partial charge is 0.0486 e. The Balaban J connectivity index is 0.000000478. The number of hydrogen-bond acceptors (Lipinski definition) is 2. The summed E-state index contributed by atoms with van der Waals surface area (Å²) in [4.78, 5) is 0. The van der Waals surface area contributed by atoms with Crippen molar-refractivity contribution in [3.63, 3.8) is 0 Å². The molecule has 0 unspecified atom stereocenters. The van der Waals surface area contributed by atoms with Crippen LogP contribution in [0.5, 0.6) is 0 Å². The van der Waals surface area contributed by atoms with Crippen LogP contribution < -0.4 is 10.2 Å². The van der Waals surface area contributed by atoms with E-state index in [2.05, 4.69) is 137 Å². The van der Waals surface area contributed by atoms with Crippen molar-refractivity contribution in [2.45, 2.75) is 69.2 Å². The molecule has 0 aliphatic carbocycles. The summed E-state index contributed by atoms with van der Waals surface area (Å²) in [6.07, 6.45) is 0. The van der Waals surface area contributed by atoms with Gasteiger partial charge in [0, 0.05) is 0 Å². The fraction of sp³-hybridized carbons (Fsp3) is 0.303. The topological polar surface area (TPSA) is 46.1 Å². The quantitative estimate of drug-likeness (QED) is 0.138. The van der Waals surface area contributed by atoms with E-state index >= 15 is 0 Å². The molecule has 0 bridgehead atoms. The van der Waals surface area contributed by atoms with Gasteiger partial charge in [0.1, 0.15) is 0 Å². The van der Waals surface area contributed by atoms with Crippen LogP contribution in [0, 0.1) is 41.5 Å². The van der Waals surface area contributed by atoms with Crippen molar-refractivity contribution in [1.29, 1.82) is 0 Å². The number of benzene rings is 2. The van der Waals surface area contributed by atoms with Crippen LogP contribution in [0.3, 0.4) is 0 Å². The van der Waals surface area contributed by atoms with Gasteiger partial charge < -0.3 is 10.2 Å². The molecule has 0 aliphatic heterocycles. The Kier molecular flexibility index (Phi) is 14.9. The Morgan fingerprint density at radius 1 is 0.611 bits per heavy atom. The van der Waals surface area contributed by atoms with Crippen LogP contribution in [0.15, 0.2) is 73.2 Å². The zero-order valence-electron chi connectivity index (χ0n) is 23.8. The predicted molar refractivity (Wildman–Crippen MR) is 153 cm³/mol. The van der Waals surface area contributed by atoms with Crippen molar-refractivity contribution in [2.24, 2.45) is 0 Å². The molecule has 0 spiro atoms. The van der Waals surface area contributed by atoms with E-state index in [1.54, 1.807) is 0 Å². The normalized spacial score (nSPS) is 9.44. The van der Waals surface area contributed by atoms with Gasteiger partial charge in [-0.05, 0) is 27.7 Å². The number of rotatable bonds is 0. The molecule has 0 saturated carbocycles. The van der Waals surface area contributed by atoms with Gasteiger partial charge in [0.2, 0.25) is 0 Å². The maximum absolute atomic E-state index is 9.33. The summed E-state index contributed by atoms with van der Waals surface area (Å²) in [5, 5.41) is 24.2. The summed E-state index contributed by atoms with van der Waals surface area (Å²) < 4.78 is 1.42. The number of hydrogen-bond donors (Lipinski definition) is 0. The maximum atomic E-state index is 9.33. The molecule has 36 heavy (non-hydrogen) atoms. The van der Waals surface area contributed by atoms with Gasteiger partial charge in [-0.2, -0.15) is 12.1 Å². The summed E-state index contributed by atoms with van der Waals surface area (Å²) in [6.45, 7) is 25.9. The molecule has 4 rings (SSSR count). The summed E-state index contributed by atoms with van der Waals surface area (Å²) in [6, 6.07) is 18.0. The van der Waals surface area contributed by atoms with Crippen molar-refractivity contribution < 1.29 is 30.2 Å². The Hall–Kier alpha value is -2.68. The van der Waals surface area contributed by atoms with Crippen molar-refractivity contribution >= 4 is 25.4 Å². The van der Waals surface area contributed by atoms with Gasteiger partial charge in [0.15, 0.2) is 0 Å². The van der Waals surface area contributed by atoms with Crippen LogP contribution in [0.2, 0.25) is 0 Å². The zero-order valence-corrected chi connectivity index (χ0v) is 25.4. The first-order chi connectivity index (χ1) is 16.5. The van der Waals surface area contributed by atoms with E-state index in [9.17, 15) is 10.2 Å². The largest absolute Gasteiger partial charge is 0.165 e. The number of aryl methyl sites for hydroxylation is 6. The zero-order chi connectivity index (χ0) is 28.2. The van der Waals surface area contributed by atoms with Crippen LogP contribution >= 0.6 is 0 Å². The molecule has 4 aromatic rings. The molecule has 0 saturated heterocycles. The average molecular weight is 519 g/mol. The monoisotopic (exact) mass is 518 g/mol. The molecular formula is C33H42O2Ti-2. The van der Waals surface area contributed by atoms with E-state index in [0.717, 1.165) is 0 Å². The van der Waals surface area contributed by atoms with E-state index in [-0.39, 0.29) is 11.5 Å². The van der Waals surface area contributed by atoms with E-state index in [4.69, 9.17) is 0 Å². The first-order valence-corrected chi connectivity index (χ1v) is 12.8. The van der Waals surface area contributed by atoms with Crippen molar-refractivity contribution in [3.8, 4) is 0 Å². The molecule has 0 aromatic heterocycles. The van der Waals surface area contributed by atoms with Gasteiger partial charge in [-0.25, -0.2) is 0 Å². The third-order valence-electron chi connectivity index (χ3n) is 4.64. The van der Waals surface area contributed by atoms with Crippen molar-refractivity contribution in [3.05, 3.63) is 107 Å². The summed E-state index contributed by atoms with van der Waals surface area (Å²) in [5.74, 6) is -0.167. The molecule has 2 nitrogen and oxygen atoms in total. The van der Waals surface area contributed by atoms with Crippen molar-refractivity contribution in [1.82, 2.24) is 0 Å². The van der Waals surface area contributed by atoms with Gasteiger partial charge in [0.25, 0.3) is 0 Å². The Bertz CT molecular complexity index is 1170. The summed E-state index contributed by atoms with van der Waals surface area (Å²) >= 11 is 2.08. The molecule has 3 heteroatoms. The van der Waals surface area contributed by atoms with E-state index < -0.39 is 0 Å². The predicted octanol–water partition coefficient (Wildman–Crippen LogP) is 7.47. The van der Waals surface area contributed by atoms with E-state index in [1.165, 1.54) is 72.6 Å². The SMILES string of the molecule is C=C(C)[O-].C=C(C)[O-].C[C](C)=[Ti+2].Cc1cc(C)c2cc(C)[cH-]c2c1.Cc1cc(C)c2cc(C)[cH-]c2c1. The fourth-order valence-electron chi connectivity index (χ4n) is 3.69. The maximum Gasteiger partial charge on any atom is -0.0486 e. The van der Waals surface area contributed by atoms with Crippen LogP contribution in [0.4, 0.5) is 0 Å². The molecule has 0 aliphatic rings. The average Bonchev–Trinajstić information content (AvgIpc) is 3.22. The van der Waals surface area contributed by atoms with Crippen LogP contribution in [0.25, 0.3) is 21.5 Å². The third-order valence-corrected chi connectivity index (χ3v) is 4.64. The molecule has 0 amide bonds. The van der Waals surface area contributed by atoms with Gasteiger partial charge in [0.05, 0.1) is 0 Å². The molecular weight excluding hydrogens is 476 g/mol. The Morgan fingerprint density at radius 3 is 1.11 bits per heavy atom. The van der Waals surface area contributed by atoms with E-state index in [0.29, 0.717) is 0 Å². The van der Waals surface area contributed by atoms with Gasteiger partial charge in [-0.1, -0.05) is 62.1 Å². The first-order valence-electron chi connectivity index (χ1n) is 12.0. The molecule has 0 fully saturated rings. The molecule has 0 heterocycles. The second kappa shape index (κ2) is 16.1. The molecule has 0 radical (unpaired) electrons. The second-order valence-electron chi connectivity index (χ2n) is 9.64. The van der Waals surface area contributed by atoms with Gasteiger partial charge >= 0.3 is 37.6 Å². The minimum Gasteiger partial charge on any atom is -0.165 e. The van der Waals surface area contributed by atoms with Crippen molar-refractivity contribution in [2.75, 3.05) is 0 Å². The minimum atomic E-state index is -0.0833.